The fourth-order valence-corrected chi connectivity index (χ4v) is 2.93. The van der Waals surface area contributed by atoms with Crippen molar-refractivity contribution in [2.75, 3.05) is 11.9 Å². The lowest BCUT2D eigenvalue weighted by Crippen LogP contribution is -2.14. The van der Waals surface area contributed by atoms with E-state index in [9.17, 15) is 18.0 Å². The van der Waals surface area contributed by atoms with Gasteiger partial charge in [-0.25, -0.2) is 14.5 Å². The van der Waals surface area contributed by atoms with Gasteiger partial charge in [0.2, 0.25) is 0 Å². The summed E-state index contributed by atoms with van der Waals surface area (Å²) in [5, 5.41) is 6.63. The Labute approximate surface area is 173 Å². The summed E-state index contributed by atoms with van der Waals surface area (Å²) in [4.78, 5) is 25.0. The highest BCUT2D eigenvalue weighted by atomic mass is 19.4. The number of carbonyl (C=O) groups excluding carboxylic acids is 1. The van der Waals surface area contributed by atoms with Crippen molar-refractivity contribution in [3.8, 4) is 17.3 Å². The molecule has 158 valence electrons. The third-order valence-corrected chi connectivity index (χ3v) is 4.27. The van der Waals surface area contributed by atoms with Gasteiger partial charge in [-0.1, -0.05) is 18.2 Å². The standard InChI is InChI=1S/C20H15F3N6O2/c1-2-31-19-24-9-7-16(28-19)27-18(30)13-11-25-29-10-8-15(26-17(13)29)12-5-3-4-6-14(12)20(21,22)23/h3-11H,2H2,1H3,(H,24,27,28,30). The van der Waals surface area contributed by atoms with Crippen LogP contribution in [0.1, 0.15) is 22.8 Å². The first-order valence-corrected chi connectivity index (χ1v) is 9.15. The Hall–Kier alpha value is -4.02. The van der Waals surface area contributed by atoms with Gasteiger partial charge in [0.05, 0.1) is 24.1 Å². The summed E-state index contributed by atoms with van der Waals surface area (Å²) in [7, 11) is 0. The number of fused-ring (bicyclic) bond motifs is 1. The highest BCUT2D eigenvalue weighted by Crippen LogP contribution is 2.36. The first kappa shape index (κ1) is 20.3. The molecule has 0 aliphatic rings. The van der Waals surface area contributed by atoms with Gasteiger partial charge in [0.1, 0.15) is 11.4 Å². The summed E-state index contributed by atoms with van der Waals surface area (Å²) in [5.74, 6) is -0.383. The summed E-state index contributed by atoms with van der Waals surface area (Å²) < 4.78 is 46.7. The molecule has 0 aliphatic heterocycles. The first-order valence-electron chi connectivity index (χ1n) is 9.15. The molecule has 0 spiro atoms. The molecule has 0 aliphatic carbocycles. The van der Waals surface area contributed by atoms with Crippen LogP contribution >= 0.6 is 0 Å². The number of halogens is 3. The van der Waals surface area contributed by atoms with Crippen molar-refractivity contribution in [3.05, 3.63) is 66.1 Å². The fourth-order valence-electron chi connectivity index (χ4n) is 2.93. The van der Waals surface area contributed by atoms with Gasteiger partial charge >= 0.3 is 12.2 Å². The summed E-state index contributed by atoms with van der Waals surface area (Å²) in [5.41, 5.74) is -0.673. The zero-order valence-electron chi connectivity index (χ0n) is 16.1. The lowest BCUT2D eigenvalue weighted by Gasteiger charge is -2.12. The monoisotopic (exact) mass is 428 g/mol. The summed E-state index contributed by atoms with van der Waals surface area (Å²) in [6.07, 6.45) is -0.397. The molecule has 3 aromatic heterocycles. The van der Waals surface area contributed by atoms with Crippen LogP contribution in [0.2, 0.25) is 0 Å². The molecule has 4 aromatic rings. The van der Waals surface area contributed by atoms with E-state index >= 15 is 0 Å². The molecule has 1 amide bonds. The lowest BCUT2D eigenvalue weighted by molar-refractivity contribution is -0.137. The number of aromatic nitrogens is 5. The number of ether oxygens (including phenoxy) is 1. The molecule has 4 rings (SSSR count). The van der Waals surface area contributed by atoms with Crippen LogP contribution in [0.3, 0.4) is 0 Å². The minimum atomic E-state index is -4.55. The maximum Gasteiger partial charge on any atom is 0.417 e. The largest absolute Gasteiger partial charge is 0.464 e. The number of rotatable bonds is 5. The number of anilines is 1. The van der Waals surface area contributed by atoms with E-state index in [2.05, 4.69) is 25.4 Å². The third kappa shape index (κ3) is 4.15. The maximum atomic E-state index is 13.4. The third-order valence-electron chi connectivity index (χ3n) is 4.27. The number of hydrogen-bond acceptors (Lipinski definition) is 6. The Kier molecular flexibility index (Phi) is 5.24. The number of amides is 1. The van der Waals surface area contributed by atoms with Gasteiger partial charge in [-0.3, -0.25) is 4.79 Å². The minimum absolute atomic E-state index is 0.0654. The fraction of sp³-hybridized carbons (Fsp3) is 0.150. The molecule has 0 fully saturated rings. The van der Waals surface area contributed by atoms with Crippen LogP contribution in [0.5, 0.6) is 6.01 Å². The molecule has 0 atom stereocenters. The average molecular weight is 428 g/mol. The van der Waals surface area contributed by atoms with Crippen molar-refractivity contribution in [1.82, 2.24) is 24.6 Å². The molecular weight excluding hydrogens is 413 g/mol. The van der Waals surface area contributed by atoms with Crippen LogP contribution in [-0.2, 0) is 6.18 Å². The number of alkyl halides is 3. The number of nitrogens with zero attached hydrogens (tertiary/aromatic N) is 5. The first-order chi connectivity index (χ1) is 14.9. The maximum absolute atomic E-state index is 13.4. The number of benzene rings is 1. The van der Waals surface area contributed by atoms with Gasteiger partial charge in [-0.2, -0.15) is 23.3 Å². The number of carbonyl (C=O) groups is 1. The van der Waals surface area contributed by atoms with E-state index in [0.717, 1.165) is 6.07 Å². The van der Waals surface area contributed by atoms with Gasteiger partial charge in [-0.05, 0) is 25.1 Å². The van der Waals surface area contributed by atoms with Crippen molar-refractivity contribution in [1.29, 1.82) is 0 Å². The highest BCUT2D eigenvalue weighted by Gasteiger charge is 2.33. The van der Waals surface area contributed by atoms with E-state index in [1.165, 1.54) is 53.4 Å². The molecule has 31 heavy (non-hydrogen) atoms. The minimum Gasteiger partial charge on any atom is -0.464 e. The zero-order chi connectivity index (χ0) is 22.0. The number of nitrogens with one attached hydrogen (secondary N) is 1. The van der Waals surface area contributed by atoms with Crippen LogP contribution in [0.15, 0.2) is 55.0 Å². The lowest BCUT2D eigenvalue weighted by atomic mass is 10.0. The normalized spacial score (nSPS) is 11.5. The average Bonchev–Trinajstić information content (AvgIpc) is 3.17. The van der Waals surface area contributed by atoms with E-state index < -0.39 is 17.6 Å². The summed E-state index contributed by atoms with van der Waals surface area (Å²) in [6.45, 7) is 2.13. The van der Waals surface area contributed by atoms with E-state index in [-0.39, 0.29) is 34.3 Å². The van der Waals surface area contributed by atoms with Crippen molar-refractivity contribution in [3.63, 3.8) is 0 Å². The molecule has 1 aromatic carbocycles. The van der Waals surface area contributed by atoms with E-state index in [1.54, 1.807) is 6.92 Å². The Bertz CT molecular complexity index is 1260. The second-order valence-electron chi connectivity index (χ2n) is 6.29. The van der Waals surface area contributed by atoms with Gasteiger partial charge in [0, 0.05) is 18.0 Å². The Balaban J connectivity index is 1.70. The highest BCUT2D eigenvalue weighted by molar-refractivity contribution is 6.07. The predicted molar refractivity (Wildman–Crippen MR) is 105 cm³/mol. The Morgan fingerprint density at radius 1 is 1.16 bits per heavy atom. The van der Waals surface area contributed by atoms with Crippen LogP contribution < -0.4 is 10.1 Å². The molecule has 11 heteroatoms. The van der Waals surface area contributed by atoms with Gasteiger partial charge in [-0.15, -0.1) is 0 Å². The summed E-state index contributed by atoms with van der Waals surface area (Å²) in [6, 6.07) is 8.09. The van der Waals surface area contributed by atoms with Crippen LogP contribution in [-0.4, -0.2) is 37.1 Å². The van der Waals surface area contributed by atoms with Crippen LogP contribution in [0, 0.1) is 0 Å². The molecule has 3 heterocycles. The van der Waals surface area contributed by atoms with E-state index in [0.29, 0.717) is 6.61 Å². The number of hydrogen-bond donors (Lipinski definition) is 1. The van der Waals surface area contributed by atoms with Crippen molar-refractivity contribution >= 4 is 17.4 Å². The SMILES string of the molecule is CCOc1nccc(NC(=O)c2cnn3ccc(-c4ccccc4C(F)(F)F)nc23)n1. The second-order valence-corrected chi connectivity index (χ2v) is 6.29. The molecule has 0 unspecified atom stereocenters. The van der Waals surface area contributed by atoms with Crippen LogP contribution in [0.4, 0.5) is 19.0 Å². The second kappa shape index (κ2) is 8.01. The molecule has 0 bridgehead atoms. The topological polar surface area (TPSA) is 94.3 Å². The Morgan fingerprint density at radius 2 is 1.97 bits per heavy atom. The van der Waals surface area contributed by atoms with Gasteiger partial charge in [0.15, 0.2) is 5.65 Å². The molecule has 1 N–H and O–H groups in total. The molecule has 0 saturated carbocycles. The van der Waals surface area contributed by atoms with Crippen molar-refractivity contribution in [2.24, 2.45) is 0 Å². The smallest absolute Gasteiger partial charge is 0.417 e. The van der Waals surface area contributed by atoms with Crippen molar-refractivity contribution < 1.29 is 22.7 Å². The van der Waals surface area contributed by atoms with E-state index in [4.69, 9.17) is 4.74 Å². The van der Waals surface area contributed by atoms with Gasteiger partial charge < -0.3 is 10.1 Å². The summed E-state index contributed by atoms with van der Waals surface area (Å²) >= 11 is 0. The van der Waals surface area contributed by atoms with Crippen LogP contribution in [0.25, 0.3) is 16.9 Å². The van der Waals surface area contributed by atoms with Gasteiger partial charge in [0.25, 0.3) is 5.91 Å². The van der Waals surface area contributed by atoms with E-state index in [1.807, 2.05) is 0 Å². The Morgan fingerprint density at radius 3 is 2.74 bits per heavy atom. The quantitative estimate of drug-likeness (QED) is 0.519. The molecule has 8 nitrogen and oxygen atoms in total. The predicted octanol–water partition coefficient (Wildman–Crippen LogP) is 3.86. The molecule has 0 saturated heterocycles. The zero-order valence-corrected chi connectivity index (χ0v) is 16.1. The van der Waals surface area contributed by atoms with Crippen molar-refractivity contribution in [2.45, 2.75) is 13.1 Å². The molecule has 0 radical (unpaired) electrons. The molecular formula is C20H15F3N6O2.